The molecule has 2 aliphatic rings. The normalized spacial score (nSPS) is 19.5. The van der Waals surface area contributed by atoms with Crippen molar-refractivity contribution >= 4 is 113 Å². The number of nitrogens with two attached hydrogens (primary N) is 4. The maximum atomic E-state index is 14.1. The zero-order chi connectivity index (χ0) is 84.0. The molecule has 2 aromatic carbocycles. The molecule has 624 valence electrons. The third kappa shape index (κ3) is 40.9. The number of amides is 12. The lowest BCUT2D eigenvalue weighted by Crippen LogP contribution is -2.58. The molecule has 43 nitrogen and oxygen atoms in total. The van der Waals surface area contributed by atoms with Crippen molar-refractivity contribution in [1.82, 2.24) is 78.5 Å². The van der Waals surface area contributed by atoms with Gasteiger partial charge in [-0.25, -0.2) is 0 Å². The molecule has 0 saturated carbocycles. The fourth-order valence-corrected chi connectivity index (χ4v) is 11.2. The summed E-state index contributed by atoms with van der Waals surface area (Å²) < 4.78 is 0. The Balaban J connectivity index is 0.000000693. The maximum absolute atomic E-state index is 14.1. The van der Waals surface area contributed by atoms with Crippen molar-refractivity contribution in [1.29, 1.82) is 0 Å². The van der Waals surface area contributed by atoms with Crippen LogP contribution in [0.4, 0.5) is 0 Å². The van der Waals surface area contributed by atoms with Gasteiger partial charge in [0.15, 0.2) is 11.9 Å². The Labute approximate surface area is 650 Å². The second-order valence-electron chi connectivity index (χ2n) is 26.4. The molecule has 0 spiro atoms. The van der Waals surface area contributed by atoms with E-state index in [-0.39, 0.29) is 122 Å². The Bertz CT molecular complexity index is 3610. The van der Waals surface area contributed by atoms with Crippen LogP contribution >= 0.6 is 0 Å². The second-order valence-corrected chi connectivity index (χ2v) is 26.4. The van der Waals surface area contributed by atoms with E-state index in [1.54, 1.807) is 67.6 Å². The topological polar surface area (TPSA) is 674 Å². The van der Waals surface area contributed by atoms with Crippen molar-refractivity contribution in [3.8, 4) is 0 Å². The average molecular weight is 1590 g/mol. The quantitative estimate of drug-likeness (QED) is 0.0167. The largest absolute Gasteiger partial charge is 0.481 e. The standard InChI is InChI=1S/C45H71N13O15.C25H36N8O7/c1-2-3-14-48-35(60)24-57(27-39(66)67)19-17-56(26-38(64)65)18-20-58(28-40(68)69)25-36(61)49-15-8-7-12-31-42(71)53-30(13-9-16-50-45(46)47)41(70)51-23-34(59)52-33(22-37(62)63)44(73)55-32(43(72)54-31)21-29-10-5-4-6-11-29;1-2-15-22(38)32-16(9-6-10-28-25(26)27)21(37)29-13-19(34)30-18(12-20(35)36)24(40)33-17(23(39)31-15)11-14-7-4-3-5-8-14/h4-6,10-11,30-33H,2-3,7-9,12-28H2,1H3,(H,48,60)(H,49,61)(H,51,70)(H,52,59)(H,53,71)(H,54,72)(H,55,73)(H,62,63)(H,64,65)(H,66,67)(H,68,69)(H4,46,47,50);3-5,7-8,15-18H,2,6,9-13H2,1H3,(H,29,37)(H,30,34)(H,31,39)(H,32,38)(H,33,40)(H,35,36)(H4,26,27,28)/t30-,31-,32+,33-;15-,16-,17+,18-/m00/s1. The number of guanidine groups is 2. The molecule has 0 aliphatic carbocycles. The first kappa shape index (κ1) is 95.1. The Morgan fingerprint density at radius 3 is 1.09 bits per heavy atom. The molecule has 0 bridgehead atoms. The number of carboxylic acid groups (broad SMARTS) is 5. The van der Waals surface area contributed by atoms with Crippen molar-refractivity contribution < 1.29 is 107 Å². The van der Waals surface area contributed by atoms with Gasteiger partial charge in [0.1, 0.15) is 48.3 Å². The number of hydrogen-bond donors (Lipinski definition) is 21. The van der Waals surface area contributed by atoms with Crippen LogP contribution in [-0.2, 0) is 94.3 Å². The van der Waals surface area contributed by atoms with E-state index in [0.717, 1.165) is 12.8 Å². The van der Waals surface area contributed by atoms with Gasteiger partial charge in [0.25, 0.3) is 0 Å². The summed E-state index contributed by atoms with van der Waals surface area (Å²) in [6, 6.07) is 6.56. The molecular weight excluding hydrogens is 1490 g/mol. The molecular formula is C70H107N21O22. The van der Waals surface area contributed by atoms with E-state index in [4.69, 9.17) is 22.9 Å². The Morgan fingerprint density at radius 1 is 0.389 bits per heavy atom. The van der Waals surface area contributed by atoms with Crippen LogP contribution in [0.3, 0.4) is 0 Å². The van der Waals surface area contributed by atoms with Crippen LogP contribution in [0.25, 0.3) is 0 Å². The van der Waals surface area contributed by atoms with Crippen LogP contribution in [-0.4, -0.2) is 299 Å². The average Bonchev–Trinajstić information content (AvgIpc) is 1.85. The molecule has 0 radical (unpaired) electrons. The minimum atomic E-state index is -1.67. The predicted molar refractivity (Wildman–Crippen MR) is 403 cm³/mol. The van der Waals surface area contributed by atoms with Gasteiger partial charge in [0, 0.05) is 65.2 Å². The van der Waals surface area contributed by atoms with Crippen LogP contribution < -0.4 is 86.7 Å². The molecule has 43 heteroatoms. The lowest BCUT2D eigenvalue weighted by atomic mass is 10.0. The van der Waals surface area contributed by atoms with Crippen molar-refractivity contribution in [2.45, 2.75) is 152 Å². The third-order valence-corrected chi connectivity index (χ3v) is 16.9. The van der Waals surface area contributed by atoms with E-state index in [1.165, 1.54) is 14.7 Å². The predicted octanol–water partition coefficient (Wildman–Crippen LogP) is -7.57. The monoisotopic (exact) mass is 1590 g/mol. The number of rotatable bonds is 41. The number of nitrogens with zero attached hydrogens (tertiary/aromatic N) is 5. The van der Waals surface area contributed by atoms with E-state index in [9.17, 15) is 107 Å². The molecule has 25 N–H and O–H groups in total. The van der Waals surface area contributed by atoms with E-state index >= 15 is 0 Å². The summed E-state index contributed by atoms with van der Waals surface area (Å²) in [4.78, 5) is 228. The fraction of sp³-hybridized carbons (Fsp3) is 0.557. The van der Waals surface area contributed by atoms with Gasteiger partial charge in [-0.3, -0.25) is 106 Å². The summed E-state index contributed by atoms with van der Waals surface area (Å²) in [6.45, 7) is 0.539. The summed E-state index contributed by atoms with van der Waals surface area (Å²) in [5.74, 6) is -16.2. The van der Waals surface area contributed by atoms with Gasteiger partial charge < -0.3 is 112 Å². The molecule has 2 fully saturated rings. The molecule has 4 rings (SSSR count). The molecule has 2 saturated heterocycles. The molecule has 0 aromatic heterocycles. The SMILES string of the molecule is CCCCNC(=O)CN(CCN(CCN(CC(=O)O)CC(=O)NCCCC[C@@H]1NC(=O)[C@@H](Cc2ccccc2)NC(=O)[C@H](CC(=O)O)NC(=O)CNC(=O)[C@H](CCCN=C(N)N)NC1=O)CC(=O)O)CC(=O)O.CC[C@@H]1NC(=O)[C@@H](Cc2ccccc2)NC(=O)[C@H](CC(=O)O)NC(=O)CNC(=O)[C@H](CCCN=C(N)N)NC1=O. The minimum Gasteiger partial charge on any atom is -0.481 e. The van der Waals surface area contributed by atoms with Crippen molar-refractivity contribution in [2.24, 2.45) is 32.9 Å². The molecule has 113 heavy (non-hydrogen) atoms. The van der Waals surface area contributed by atoms with Gasteiger partial charge in [0.2, 0.25) is 70.9 Å². The third-order valence-electron chi connectivity index (χ3n) is 16.9. The van der Waals surface area contributed by atoms with E-state index in [2.05, 4.69) is 73.8 Å². The fourth-order valence-electron chi connectivity index (χ4n) is 11.2. The first-order valence-electron chi connectivity index (χ1n) is 36.6. The minimum absolute atomic E-state index is 0.00422. The smallest absolute Gasteiger partial charge is 0.317 e. The summed E-state index contributed by atoms with van der Waals surface area (Å²) in [6.07, 6.45) is 0.825. The number of unbranched alkanes of at least 4 members (excludes halogenated alkanes) is 2. The highest BCUT2D eigenvalue weighted by Crippen LogP contribution is 2.12. The van der Waals surface area contributed by atoms with Crippen molar-refractivity contribution in [3.05, 3.63) is 71.8 Å². The van der Waals surface area contributed by atoms with Gasteiger partial charge >= 0.3 is 29.8 Å². The zero-order valence-corrected chi connectivity index (χ0v) is 63.1. The highest BCUT2D eigenvalue weighted by Gasteiger charge is 2.36. The maximum Gasteiger partial charge on any atom is 0.317 e. The van der Waals surface area contributed by atoms with Crippen LogP contribution in [0.5, 0.6) is 0 Å². The number of hydrogen-bond acceptors (Lipinski definition) is 22. The number of aliphatic imine (C=N–C) groups is 2. The molecule has 2 aromatic rings. The van der Waals surface area contributed by atoms with Crippen LogP contribution in [0.15, 0.2) is 70.6 Å². The van der Waals surface area contributed by atoms with Crippen molar-refractivity contribution in [3.63, 3.8) is 0 Å². The molecule has 0 unspecified atom stereocenters. The van der Waals surface area contributed by atoms with Gasteiger partial charge in [-0.2, -0.15) is 0 Å². The summed E-state index contributed by atoms with van der Waals surface area (Å²) in [5, 5.41) is 77.5. The van der Waals surface area contributed by atoms with Gasteiger partial charge in [0.05, 0.1) is 58.7 Å². The first-order valence-corrected chi connectivity index (χ1v) is 36.6. The molecule has 8 atom stereocenters. The summed E-state index contributed by atoms with van der Waals surface area (Å²) >= 11 is 0. The number of carbonyl (C=O) groups is 17. The zero-order valence-electron chi connectivity index (χ0n) is 63.1. The summed E-state index contributed by atoms with van der Waals surface area (Å²) in [7, 11) is 0. The number of carboxylic acids is 5. The number of nitrogens with one attached hydrogen (secondary N) is 12. The number of benzene rings is 2. The first-order chi connectivity index (χ1) is 53.6. The van der Waals surface area contributed by atoms with Crippen molar-refractivity contribution in [2.75, 3.05) is 98.2 Å². The van der Waals surface area contributed by atoms with Crippen LogP contribution in [0.1, 0.15) is 102 Å². The van der Waals surface area contributed by atoms with E-state index < -0.39 is 201 Å². The second kappa shape index (κ2) is 52.1. The highest BCUT2D eigenvalue weighted by atomic mass is 16.4. The van der Waals surface area contributed by atoms with E-state index in [0.29, 0.717) is 24.1 Å². The van der Waals surface area contributed by atoms with Gasteiger partial charge in [-0.15, -0.1) is 0 Å². The Hall–Kier alpha value is -12.2. The van der Waals surface area contributed by atoms with Gasteiger partial charge in [-0.05, 0) is 68.9 Å². The van der Waals surface area contributed by atoms with E-state index in [1.807, 2.05) is 6.92 Å². The highest BCUT2D eigenvalue weighted by molar-refractivity contribution is 6.00. The van der Waals surface area contributed by atoms with Crippen LogP contribution in [0, 0.1) is 0 Å². The Morgan fingerprint density at radius 2 is 0.717 bits per heavy atom. The number of aliphatic carboxylic acids is 5. The number of carbonyl (C=O) groups excluding carboxylic acids is 12. The molecule has 2 aliphatic heterocycles. The van der Waals surface area contributed by atoms with Gasteiger partial charge in [-0.1, -0.05) is 80.9 Å². The lowest BCUT2D eigenvalue weighted by molar-refractivity contribution is -0.141. The van der Waals surface area contributed by atoms with Crippen LogP contribution in [0.2, 0.25) is 0 Å². The molecule has 12 amide bonds. The Kier molecular flexibility index (Phi) is 43.8. The summed E-state index contributed by atoms with van der Waals surface area (Å²) in [5.41, 5.74) is 22.7. The molecule has 2 heterocycles. The lowest BCUT2D eigenvalue weighted by Gasteiger charge is -2.28.